The van der Waals surface area contributed by atoms with Crippen LogP contribution in [0.5, 0.6) is 0 Å². The fourth-order valence-corrected chi connectivity index (χ4v) is 2.35. The molecule has 0 saturated carbocycles. The molecule has 1 saturated heterocycles. The first-order valence-electron chi connectivity index (χ1n) is 6.09. The number of nitrogen functional groups attached to an aromatic ring is 1. The van der Waals surface area contributed by atoms with Crippen molar-refractivity contribution in [1.82, 2.24) is 14.9 Å². The minimum Gasteiger partial charge on any atom is -0.368 e. The zero-order valence-electron chi connectivity index (χ0n) is 10.8. The molecule has 0 aromatic carbocycles. The van der Waals surface area contributed by atoms with Crippen molar-refractivity contribution < 1.29 is 0 Å². The molecule has 0 spiro atoms. The molecule has 0 atom stereocenters. The molecular weight excluding hydrogens is 214 g/mol. The smallest absolute Gasteiger partial charge is 0.222 e. The second-order valence-corrected chi connectivity index (χ2v) is 4.91. The molecule has 0 radical (unpaired) electrons. The Labute approximate surface area is 103 Å². The molecule has 1 fully saturated rings. The Morgan fingerprint density at radius 3 is 2.47 bits per heavy atom. The zero-order chi connectivity index (χ0) is 12.4. The Morgan fingerprint density at radius 1 is 1.29 bits per heavy atom. The Kier molecular flexibility index (Phi) is 3.47. The molecule has 2 heterocycles. The van der Waals surface area contributed by atoms with E-state index in [-0.39, 0.29) is 0 Å². The number of hydrogen-bond donors (Lipinski definition) is 1. The lowest BCUT2D eigenvalue weighted by Gasteiger charge is -2.35. The fourth-order valence-electron chi connectivity index (χ4n) is 2.35. The van der Waals surface area contributed by atoms with E-state index in [1.54, 1.807) is 0 Å². The number of rotatable bonds is 2. The van der Waals surface area contributed by atoms with Crippen molar-refractivity contribution in [3.05, 3.63) is 11.8 Å². The Balaban J connectivity index is 2.05. The first-order valence-corrected chi connectivity index (χ1v) is 6.09. The van der Waals surface area contributed by atoms with Crippen molar-refractivity contribution >= 4 is 11.8 Å². The van der Waals surface area contributed by atoms with Crippen LogP contribution in [0.4, 0.5) is 11.8 Å². The summed E-state index contributed by atoms with van der Waals surface area (Å²) in [6.45, 7) is 4.03. The van der Waals surface area contributed by atoms with Gasteiger partial charge in [-0.2, -0.15) is 4.98 Å². The molecular formula is C12H21N5. The van der Waals surface area contributed by atoms with E-state index < -0.39 is 0 Å². The van der Waals surface area contributed by atoms with Crippen molar-refractivity contribution in [3.63, 3.8) is 0 Å². The first kappa shape index (κ1) is 12.1. The lowest BCUT2D eigenvalue weighted by Crippen LogP contribution is -2.42. The first-order chi connectivity index (χ1) is 8.06. The average Bonchev–Trinajstić information content (AvgIpc) is 2.28. The molecule has 1 aromatic heterocycles. The van der Waals surface area contributed by atoms with Gasteiger partial charge in [-0.3, -0.25) is 0 Å². The van der Waals surface area contributed by atoms with Crippen molar-refractivity contribution in [2.45, 2.75) is 25.8 Å². The highest BCUT2D eigenvalue weighted by atomic mass is 15.2. The van der Waals surface area contributed by atoms with Crippen LogP contribution in [0.3, 0.4) is 0 Å². The lowest BCUT2D eigenvalue weighted by molar-refractivity contribution is 0.249. The van der Waals surface area contributed by atoms with Crippen molar-refractivity contribution in [2.24, 2.45) is 0 Å². The molecule has 1 aliphatic rings. The fraction of sp³-hybridized carbons (Fsp3) is 0.667. The second kappa shape index (κ2) is 4.87. The summed E-state index contributed by atoms with van der Waals surface area (Å²) in [5.74, 6) is 1.34. The predicted octanol–water partition coefficient (Wildman–Crippen LogP) is 0.898. The molecule has 0 unspecified atom stereocenters. The Hall–Kier alpha value is -1.36. The van der Waals surface area contributed by atoms with Crippen molar-refractivity contribution in [1.29, 1.82) is 0 Å². The van der Waals surface area contributed by atoms with Gasteiger partial charge in [-0.25, -0.2) is 4.98 Å². The van der Waals surface area contributed by atoms with Crippen LogP contribution in [-0.2, 0) is 0 Å². The van der Waals surface area contributed by atoms with Crippen LogP contribution in [0, 0.1) is 6.92 Å². The molecule has 94 valence electrons. The van der Waals surface area contributed by atoms with Crippen LogP contribution in [-0.4, -0.2) is 48.1 Å². The minimum absolute atomic E-state index is 0.370. The van der Waals surface area contributed by atoms with Gasteiger partial charge in [0.05, 0.1) is 0 Å². The average molecular weight is 235 g/mol. The van der Waals surface area contributed by atoms with E-state index in [2.05, 4.69) is 33.9 Å². The Bertz CT molecular complexity index is 362. The highest BCUT2D eigenvalue weighted by molar-refractivity contribution is 5.43. The van der Waals surface area contributed by atoms with E-state index in [1.807, 2.05) is 13.0 Å². The minimum atomic E-state index is 0.370. The lowest BCUT2D eigenvalue weighted by atomic mass is 10.0. The number of piperidine rings is 1. The van der Waals surface area contributed by atoms with Gasteiger partial charge < -0.3 is 15.5 Å². The largest absolute Gasteiger partial charge is 0.368 e. The maximum Gasteiger partial charge on any atom is 0.222 e. The van der Waals surface area contributed by atoms with Crippen LogP contribution >= 0.6 is 0 Å². The molecule has 5 nitrogen and oxygen atoms in total. The molecule has 1 aliphatic heterocycles. The highest BCUT2D eigenvalue weighted by Crippen LogP contribution is 2.20. The molecule has 2 N–H and O–H groups in total. The summed E-state index contributed by atoms with van der Waals surface area (Å²) in [7, 11) is 4.29. The molecule has 0 aliphatic carbocycles. The van der Waals surface area contributed by atoms with Gasteiger partial charge in [0, 0.05) is 30.9 Å². The summed E-state index contributed by atoms with van der Waals surface area (Å²) in [5.41, 5.74) is 6.62. The van der Waals surface area contributed by atoms with Gasteiger partial charge >= 0.3 is 0 Å². The van der Waals surface area contributed by atoms with E-state index in [0.29, 0.717) is 12.0 Å². The van der Waals surface area contributed by atoms with Gasteiger partial charge in [0.15, 0.2) is 0 Å². The van der Waals surface area contributed by atoms with Crippen LogP contribution in [0.2, 0.25) is 0 Å². The molecule has 0 bridgehead atoms. The molecule has 2 rings (SSSR count). The van der Waals surface area contributed by atoms with Crippen molar-refractivity contribution in [2.75, 3.05) is 37.8 Å². The van der Waals surface area contributed by atoms with E-state index in [4.69, 9.17) is 5.73 Å². The highest BCUT2D eigenvalue weighted by Gasteiger charge is 2.21. The SMILES string of the molecule is Cc1cc(N2CCC(N(C)C)CC2)nc(N)n1. The molecule has 17 heavy (non-hydrogen) atoms. The van der Waals surface area contributed by atoms with Crippen LogP contribution in [0.15, 0.2) is 6.07 Å². The maximum absolute atomic E-state index is 5.68. The Morgan fingerprint density at radius 2 is 1.94 bits per heavy atom. The summed E-state index contributed by atoms with van der Waals surface area (Å²) < 4.78 is 0. The van der Waals surface area contributed by atoms with Crippen LogP contribution < -0.4 is 10.6 Å². The topological polar surface area (TPSA) is 58.3 Å². The molecule has 1 aromatic rings. The number of hydrogen-bond acceptors (Lipinski definition) is 5. The third-order valence-corrected chi connectivity index (χ3v) is 3.38. The summed E-state index contributed by atoms with van der Waals surface area (Å²) in [4.78, 5) is 13.0. The monoisotopic (exact) mass is 235 g/mol. The van der Waals surface area contributed by atoms with Gasteiger partial charge in [0.25, 0.3) is 0 Å². The van der Waals surface area contributed by atoms with Gasteiger partial charge in [0.1, 0.15) is 5.82 Å². The third-order valence-electron chi connectivity index (χ3n) is 3.38. The van der Waals surface area contributed by atoms with Gasteiger partial charge in [-0.05, 0) is 33.9 Å². The zero-order valence-corrected chi connectivity index (χ0v) is 10.8. The number of aryl methyl sites for hydroxylation is 1. The quantitative estimate of drug-likeness (QED) is 0.825. The number of anilines is 2. The van der Waals surface area contributed by atoms with E-state index in [0.717, 1.165) is 24.6 Å². The van der Waals surface area contributed by atoms with Gasteiger partial charge in [-0.1, -0.05) is 0 Å². The summed E-state index contributed by atoms with van der Waals surface area (Å²) in [5, 5.41) is 0. The van der Waals surface area contributed by atoms with Crippen LogP contribution in [0.1, 0.15) is 18.5 Å². The summed E-state index contributed by atoms with van der Waals surface area (Å²) in [6, 6.07) is 2.69. The number of nitrogens with zero attached hydrogens (tertiary/aromatic N) is 4. The molecule has 5 heteroatoms. The van der Waals surface area contributed by atoms with Gasteiger partial charge in [0.2, 0.25) is 5.95 Å². The molecule has 0 amide bonds. The normalized spacial score (nSPS) is 17.8. The number of nitrogens with two attached hydrogens (primary N) is 1. The maximum atomic E-state index is 5.68. The summed E-state index contributed by atoms with van der Waals surface area (Å²) in [6.07, 6.45) is 2.35. The van der Waals surface area contributed by atoms with E-state index >= 15 is 0 Å². The third kappa shape index (κ3) is 2.85. The standard InChI is InChI=1S/C12H21N5/c1-9-8-11(15-12(13)14-9)17-6-4-10(5-7-17)16(2)3/h8,10H,4-7H2,1-3H3,(H2,13,14,15). The van der Waals surface area contributed by atoms with Crippen molar-refractivity contribution in [3.8, 4) is 0 Å². The van der Waals surface area contributed by atoms with Gasteiger partial charge in [-0.15, -0.1) is 0 Å². The van der Waals surface area contributed by atoms with E-state index in [1.165, 1.54) is 12.8 Å². The van der Waals surface area contributed by atoms with E-state index in [9.17, 15) is 0 Å². The predicted molar refractivity (Wildman–Crippen MR) is 70.1 cm³/mol. The number of aromatic nitrogens is 2. The van der Waals surface area contributed by atoms with Crippen LogP contribution in [0.25, 0.3) is 0 Å². The second-order valence-electron chi connectivity index (χ2n) is 4.91. The summed E-state index contributed by atoms with van der Waals surface area (Å²) >= 11 is 0.